The molecule has 2 fully saturated rings. The molecular formula is C28H41N11O3. The number of nitrogens with two attached hydrogens (primary N) is 1. The summed E-state index contributed by atoms with van der Waals surface area (Å²) < 4.78 is 10.4. The minimum Gasteiger partial charge on any atom is -0.379 e. The third kappa shape index (κ3) is 11.0. The van der Waals surface area contributed by atoms with Crippen molar-refractivity contribution < 1.29 is 14.3 Å². The van der Waals surface area contributed by atoms with Gasteiger partial charge in [0.15, 0.2) is 11.6 Å². The predicted octanol–water partition coefficient (Wildman–Crippen LogP) is 1.73. The Labute approximate surface area is 246 Å². The number of ether oxygens (including phenoxy) is 2. The molecule has 4 aromatic rings. The molecule has 0 aliphatic carbocycles. The molecule has 0 unspecified atom stereocenters. The van der Waals surface area contributed by atoms with Crippen LogP contribution < -0.4 is 5.73 Å². The Morgan fingerprint density at radius 2 is 1.50 bits per heavy atom. The number of H-pyrrole nitrogens is 2. The highest BCUT2D eigenvalue weighted by molar-refractivity contribution is 5.54. The Hall–Kier alpha value is -4.11. The number of nitrogens with zero attached hydrogens (tertiary/aromatic N) is 8. The van der Waals surface area contributed by atoms with E-state index in [9.17, 15) is 4.79 Å². The number of aromatic amines is 2. The Balaban J connectivity index is 0.000000188. The maximum absolute atomic E-state index is 9.99. The number of aldehydes is 1. The van der Waals surface area contributed by atoms with Gasteiger partial charge in [0.25, 0.3) is 0 Å². The third-order valence-corrected chi connectivity index (χ3v) is 6.32. The van der Waals surface area contributed by atoms with Crippen molar-refractivity contribution in [1.82, 2.24) is 50.1 Å². The number of nitrogen functional groups attached to an aromatic ring is 1. The van der Waals surface area contributed by atoms with Gasteiger partial charge in [-0.1, -0.05) is 7.43 Å². The van der Waals surface area contributed by atoms with E-state index in [1.807, 2.05) is 24.3 Å². The number of anilines is 1. The maximum Gasteiger partial charge on any atom is 0.239 e. The van der Waals surface area contributed by atoms with Gasteiger partial charge in [-0.05, 0) is 37.2 Å². The van der Waals surface area contributed by atoms with E-state index in [1.165, 1.54) is 0 Å². The van der Waals surface area contributed by atoms with Crippen LogP contribution in [-0.4, -0.2) is 122 Å². The smallest absolute Gasteiger partial charge is 0.239 e. The van der Waals surface area contributed by atoms with Crippen LogP contribution in [0.15, 0.2) is 49.1 Å². The van der Waals surface area contributed by atoms with E-state index >= 15 is 0 Å². The van der Waals surface area contributed by atoms with E-state index in [0.717, 1.165) is 101 Å². The fourth-order valence-corrected chi connectivity index (χ4v) is 4.12. The van der Waals surface area contributed by atoms with Crippen molar-refractivity contribution in [2.24, 2.45) is 0 Å². The van der Waals surface area contributed by atoms with E-state index in [1.54, 1.807) is 24.8 Å². The van der Waals surface area contributed by atoms with Crippen molar-refractivity contribution in [3.63, 3.8) is 0 Å². The van der Waals surface area contributed by atoms with Crippen LogP contribution in [0.2, 0.25) is 0 Å². The first kappa shape index (κ1) is 32.4. The number of morpholine rings is 2. The Bertz CT molecular complexity index is 1260. The van der Waals surface area contributed by atoms with Crippen molar-refractivity contribution in [3.05, 3.63) is 54.9 Å². The summed E-state index contributed by atoms with van der Waals surface area (Å²) >= 11 is 0. The second kappa shape index (κ2) is 18.3. The van der Waals surface area contributed by atoms with Gasteiger partial charge in [0.2, 0.25) is 5.95 Å². The molecule has 226 valence electrons. The van der Waals surface area contributed by atoms with Crippen molar-refractivity contribution in [2.75, 3.05) is 71.4 Å². The highest BCUT2D eigenvalue weighted by Crippen LogP contribution is 2.13. The minimum absolute atomic E-state index is 0. The van der Waals surface area contributed by atoms with Crippen LogP contribution >= 0.6 is 0 Å². The highest BCUT2D eigenvalue weighted by atomic mass is 16.5. The molecule has 0 radical (unpaired) electrons. The fourth-order valence-electron chi connectivity index (χ4n) is 4.12. The Kier molecular flexibility index (Phi) is 14.2. The number of hydrogen-bond acceptors (Lipinski definition) is 12. The molecule has 2 aliphatic rings. The van der Waals surface area contributed by atoms with Gasteiger partial charge >= 0.3 is 0 Å². The lowest BCUT2D eigenvalue weighted by molar-refractivity contribution is -0.109. The third-order valence-electron chi connectivity index (χ3n) is 6.32. The van der Waals surface area contributed by atoms with Crippen LogP contribution in [0.3, 0.4) is 0 Å². The van der Waals surface area contributed by atoms with Gasteiger partial charge in [0.1, 0.15) is 12.1 Å². The summed E-state index contributed by atoms with van der Waals surface area (Å²) in [6, 6.07) is 7.57. The topological polar surface area (TPSA) is 177 Å². The maximum atomic E-state index is 9.99. The molecule has 0 atom stereocenters. The molecule has 2 aliphatic heterocycles. The first-order valence-electron chi connectivity index (χ1n) is 13.6. The van der Waals surface area contributed by atoms with Crippen LogP contribution in [0.5, 0.6) is 0 Å². The summed E-state index contributed by atoms with van der Waals surface area (Å²) in [6.45, 7) is 8.78. The molecule has 6 rings (SSSR count). The lowest BCUT2D eigenvalue weighted by Gasteiger charge is -2.26. The zero-order valence-electron chi connectivity index (χ0n) is 23.1. The van der Waals surface area contributed by atoms with Gasteiger partial charge in [-0.2, -0.15) is 10.1 Å². The van der Waals surface area contributed by atoms with Gasteiger partial charge in [0, 0.05) is 68.5 Å². The second-order valence-electron chi connectivity index (χ2n) is 9.27. The van der Waals surface area contributed by atoms with Crippen LogP contribution in [-0.2, 0) is 20.7 Å². The molecule has 0 amide bonds. The summed E-state index contributed by atoms with van der Waals surface area (Å²) in [5.41, 5.74) is 7.17. The highest BCUT2D eigenvalue weighted by Gasteiger charge is 2.11. The standard InChI is InChI=1S/C14H19N5O.C7H7N5.C6H11NO2.CH4/c1-3-12(11-15-5-1)14-16-13(17-18-14)4-2-6-19-7-9-20-10-8-19;8-7-10-6(11-12-7)5-2-1-3-9-4-5;8-4-1-7-2-5-9-6-3-7;/h1,3,5,11H,2,4,6-10H2,(H,16,17,18);1-4H,(H3,8,10,11,12);4H,1-3,5-6H2;1H4. The Morgan fingerprint density at radius 3 is 2.07 bits per heavy atom. The molecule has 6 heterocycles. The SMILES string of the molecule is C.Nc1n[nH]c(-c2cccnc2)n1.O=CCN1CCOCC1.c1cncc(-c2n[nH]c(CCCN3CCOCC3)n2)c1. The van der Waals surface area contributed by atoms with Crippen molar-refractivity contribution in [2.45, 2.75) is 20.3 Å². The number of hydrogen-bond donors (Lipinski definition) is 3. The van der Waals surface area contributed by atoms with Crippen LogP contribution in [0.4, 0.5) is 5.95 Å². The zero-order valence-corrected chi connectivity index (χ0v) is 23.1. The summed E-state index contributed by atoms with van der Waals surface area (Å²) in [4.78, 5) is 31.0. The molecule has 4 N–H and O–H groups in total. The van der Waals surface area contributed by atoms with Gasteiger partial charge in [0.05, 0.1) is 33.0 Å². The number of aromatic nitrogens is 8. The van der Waals surface area contributed by atoms with Crippen LogP contribution in [0.25, 0.3) is 22.8 Å². The van der Waals surface area contributed by atoms with E-state index in [0.29, 0.717) is 12.4 Å². The van der Waals surface area contributed by atoms with Gasteiger partial charge in [-0.3, -0.25) is 30.0 Å². The van der Waals surface area contributed by atoms with Crippen molar-refractivity contribution in [3.8, 4) is 22.8 Å². The number of aryl methyl sites for hydroxylation is 1. The summed E-state index contributed by atoms with van der Waals surface area (Å²) in [7, 11) is 0. The summed E-state index contributed by atoms with van der Waals surface area (Å²) in [5, 5.41) is 13.7. The van der Waals surface area contributed by atoms with E-state index in [4.69, 9.17) is 15.2 Å². The number of carbonyl (C=O) groups excluding carboxylic acids is 1. The van der Waals surface area contributed by atoms with Gasteiger partial charge < -0.3 is 20.0 Å². The molecule has 0 bridgehead atoms. The van der Waals surface area contributed by atoms with Crippen LogP contribution in [0.1, 0.15) is 19.7 Å². The number of rotatable bonds is 8. The Morgan fingerprint density at radius 1 is 0.857 bits per heavy atom. The molecule has 0 aromatic carbocycles. The molecule has 2 saturated heterocycles. The molecule has 14 heteroatoms. The number of nitrogens with one attached hydrogen (secondary N) is 2. The molecule has 0 spiro atoms. The van der Waals surface area contributed by atoms with E-state index in [-0.39, 0.29) is 13.4 Å². The molecule has 14 nitrogen and oxygen atoms in total. The average molecular weight is 580 g/mol. The number of pyridine rings is 2. The van der Waals surface area contributed by atoms with Crippen LogP contribution in [0, 0.1) is 0 Å². The summed E-state index contributed by atoms with van der Waals surface area (Å²) in [6.07, 6.45) is 9.86. The molecule has 42 heavy (non-hydrogen) atoms. The predicted molar refractivity (Wildman–Crippen MR) is 159 cm³/mol. The fraction of sp³-hybridized carbons (Fsp3) is 0.464. The van der Waals surface area contributed by atoms with E-state index < -0.39 is 0 Å². The monoisotopic (exact) mass is 579 g/mol. The number of carbonyl (C=O) groups is 1. The molecule has 0 saturated carbocycles. The van der Waals surface area contributed by atoms with Crippen molar-refractivity contribution >= 4 is 12.2 Å². The quantitative estimate of drug-likeness (QED) is 0.258. The lowest BCUT2D eigenvalue weighted by Crippen LogP contribution is -2.37. The van der Waals surface area contributed by atoms with E-state index in [2.05, 4.69) is 50.1 Å². The largest absolute Gasteiger partial charge is 0.379 e. The first-order chi connectivity index (χ1) is 20.2. The van der Waals surface area contributed by atoms with Crippen molar-refractivity contribution in [1.29, 1.82) is 0 Å². The molecular weight excluding hydrogens is 538 g/mol. The minimum atomic E-state index is 0. The van der Waals surface area contributed by atoms with Gasteiger partial charge in [-0.15, -0.1) is 5.10 Å². The average Bonchev–Trinajstić information content (AvgIpc) is 3.69. The lowest BCUT2D eigenvalue weighted by atomic mass is 10.2. The van der Waals surface area contributed by atoms with Gasteiger partial charge in [-0.25, -0.2) is 4.98 Å². The zero-order chi connectivity index (χ0) is 28.5. The molecule has 4 aromatic heterocycles. The summed E-state index contributed by atoms with van der Waals surface area (Å²) in [5.74, 6) is 2.55. The second-order valence-corrected chi connectivity index (χ2v) is 9.27. The normalized spacial score (nSPS) is 15.3. The first-order valence-corrected chi connectivity index (χ1v) is 13.6.